The van der Waals surface area contributed by atoms with E-state index in [9.17, 15) is 0 Å². The fourth-order valence-corrected chi connectivity index (χ4v) is 3.29. The largest absolute Gasteiger partial charge is 0.489 e. The molecule has 1 saturated heterocycles. The van der Waals surface area contributed by atoms with E-state index < -0.39 is 0 Å². The zero-order valence-electron chi connectivity index (χ0n) is 12.5. The van der Waals surface area contributed by atoms with Gasteiger partial charge in [-0.2, -0.15) is 0 Å². The molecule has 0 amide bonds. The third kappa shape index (κ3) is 3.82. The summed E-state index contributed by atoms with van der Waals surface area (Å²) in [7, 11) is 2.18. The van der Waals surface area contributed by atoms with Crippen LogP contribution >= 0.6 is 11.6 Å². The van der Waals surface area contributed by atoms with Gasteiger partial charge in [-0.25, -0.2) is 0 Å². The van der Waals surface area contributed by atoms with Crippen LogP contribution in [0.1, 0.15) is 18.4 Å². The van der Waals surface area contributed by atoms with Gasteiger partial charge in [0.25, 0.3) is 0 Å². The van der Waals surface area contributed by atoms with Crippen LogP contribution in [0.2, 0.25) is 5.02 Å². The number of benzene rings is 1. The molecular formula is C16H23ClN2O2. The molecule has 21 heavy (non-hydrogen) atoms. The Labute approximate surface area is 131 Å². The lowest BCUT2D eigenvalue weighted by atomic mass is 10.1. The fraction of sp³-hybridized carbons (Fsp3) is 0.625. The summed E-state index contributed by atoms with van der Waals surface area (Å²) >= 11 is 6.31. The third-order valence-electron chi connectivity index (χ3n) is 4.11. The molecule has 2 heterocycles. The minimum atomic E-state index is 0.645. The molecule has 0 aliphatic carbocycles. The summed E-state index contributed by atoms with van der Waals surface area (Å²) in [6, 6.07) is 4.02. The van der Waals surface area contributed by atoms with E-state index in [0.29, 0.717) is 24.0 Å². The fourth-order valence-electron chi connectivity index (χ4n) is 3.00. The SMILES string of the molecule is CN1CCC(CNCc2cc(Cl)c3c(c2)OCCCO3)C1. The summed E-state index contributed by atoms with van der Waals surface area (Å²) in [5.74, 6) is 2.22. The summed E-state index contributed by atoms with van der Waals surface area (Å²) in [6.07, 6.45) is 2.18. The minimum absolute atomic E-state index is 0.645. The lowest BCUT2D eigenvalue weighted by Gasteiger charge is -2.14. The van der Waals surface area contributed by atoms with Gasteiger partial charge in [0.1, 0.15) is 0 Å². The molecule has 0 bridgehead atoms. The number of nitrogens with zero attached hydrogens (tertiary/aromatic N) is 1. The van der Waals surface area contributed by atoms with Gasteiger partial charge in [0.15, 0.2) is 11.5 Å². The van der Waals surface area contributed by atoms with E-state index in [1.807, 2.05) is 12.1 Å². The first kappa shape index (κ1) is 14.9. The van der Waals surface area contributed by atoms with Gasteiger partial charge in [-0.3, -0.25) is 0 Å². The van der Waals surface area contributed by atoms with Crippen molar-refractivity contribution in [2.24, 2.45) is 5.92 Å². The Morgan fingerprint density at radius 1 is 1.33 bits per heavy atom. The van der Waals surface area contributed by atoms with Crippen LogP contribution in [0.25, 0.3) is 0 Å². The molecule has 1 atom stereocenters. The van der Waals surface area contributed by atoms with Crippen LogP contribution < -0.4 is 14.8 Å². The average molecular weight is 311 g/mol. The Kier molecular flexibility index (Phi) is 4.88. The molecule has 2 aliphatic heterocycles. The molecule has 1 aromatic rings. The van der Waals surface area contributed by atoms with Crippen molar-refractivity contribution < 1.29 is 9.47 Å². The van der Waals surface area contributed by atoms with E-state index in [2.05, 4.69) is 17.3 Å². The lowest BCUT2D eigenvalue weighted by molar-refractivity contribution is 0.297. The highest BCUT2D eigenvalue weighted by atomic mass is 35.5. The topological polar surface area (TPSA) is 33.7 Å². The molecule has 1 N–H and O–H groups in total. The Morgan fingerprint density at radius 3 is 3.00 bits per heavy atom. The molecular weight excluding hydrogens is 288 g/mol. The van der Waals surface area contributed by atoms with E-state index in [0.717, 1.165) is 36.7 Å². The van der Waals surface area contributed by atoms with Gasteiger partial charge < -0.3 is 19.7 Å². The quantitative estimate of drug-likeness (QED) is 0.926. The Bertz CT molecular complexity index is 495. The molecule has 2 aliphatic rings. The van der Waals surface area contributed by atoms with Crippen LogP contribution in [0, 0.1) is 5.92 Å². The van der Waals surface area contributed by atoms with Crippen LogP contribution in [0.4, 0.5) is 0 Å². The van der Waals surface area contributed by atoms with Gasteiger partial charge in [-0.1, -0.05) is 11.6 Å². The second-order valence-electron chi connectivity index (χ2n) is 6.00. The number of ether oxygens (including phenoxy) is 2. The standard InChI is InChI=1S/C16H23ClN2O2/c1-19-4-3-12(11-19)9-18-10-13-7-14(17)16-15(8-13)20-5-2-6-21-16/h7-8,12,18H,2-6,9-11H2,1H3. The van der Waals surface area contributed by atoms with Crippen molar-refractivity contribution in [1.29, 1.82) is 0 Å². The van der Waals surface area contributed by atoms with Crippen molar-refractivity contribution in [1.82, 2.24) is 10.2 Å². The Balaban J connectivity index is 1.58. The van der Waals surface area contributed by atoms with Crippen LogP contribution in [0.5, 0.6) is 11.5 Å². The summed E-state index contributed by atoms with van der Waals surface area (Å²) in [4.78, 5) is 2.39. The third-order valence-corrected chi connectivity index (χ3v) is 4.39. The van der Waals surface area contributed by atoms with Crippen LogP contribution in [0.15, 0.2) is 12.1 Å². The van der Waals surface area contributed by atoms with E-state index in [1.54, 1.807) is 0 Å². The molecule has 1 aromatic carbocycles. The highest BCUT2D eigenvalue weighted by Crippen LogP contribution is 2.37. The molecule has 4 nitrogen and oxygen atoms in total. The van der Waals surface area contributed by atoms with E-state index >= 15 is 0 Å². The zero-order valence-corrected chi connectivity index (χ0v) is 13.3. The van der Waals surface area contributed by atoms with Crippen LogP contribution in [-0.2, 0) is 6.54 Å². The summed E-state index contributed by atoms with van der Waals surface area (Å²) < 4.78 is 11.4. The maximum Gasteiger partial charge on any atom is 0.179 e. The number of fused-ring (bicyclic) bond motifs is 1. The number of hydrogen-bond acceptors (Lipinski definition) is 4. The van der Waals surface area contributed by atoms with Crippen molar-refractivity contribution >= 4 is 11.6 Å². The summed E-state index contributed by atoms with van der Waals surface area (Å²) in [5, 5.41) is 4.18. The normalized spacial score (nSPS) is 22.3. The molecule has 5 heteroatoms. The highest BCUT2D eigenvalue weighted by Gasteiger charge is 2.19. The second kappa shape index (κ2) is 6.86. The predicted molar refractivity (Wildman–Crippen MR) is 84.4 cm³/mol. The van der Waals surface area contributed by atoms with E-state index in [-0.39, 0.29) is 0 Å². The lowest BCUT2D eigenvalue weighted by Crippen LogP contribution is -2.24. The zero-order chi connectivity index (χ0) is 14.7. The Morgan fingerprint density at radius 2 is 2.19 bits per heavy atom. The van der Waals surface area contributed by atoms with Crippen molar-refractivity contribution in [3.05, 3.63) is 22.7 Å². The van der Waals surface area contributed by atoms with Crippen molar-refractivity contribution in [3.63, 3.8) is 0 Å². The molecule has 1 fully saturated rings. The number of hydrogen-bond donors (Lipinski definition) is 1. The van der Waals surface area contributed by atoms with Gasteiger partial charge in [0.05, 0.1) is 18.2 Å². The molecule has 3 rings (SSSR count). The molecule has 0 radical (unpaired) electrons. The first-order valence-electron chi connectivity index (χ1n) is 7.69. The monoisotopic (exact) mass is 310 g/mol. The average Bonchev–Trinajstić information content (AvgIpc) is 2.73. The first-order valence-corrected chi connectivity index (χ1v) is 8.07. The van der Waals surface area contributed by atoms with Gasteiger partial charge in [-0.15, -0.1) is 0 Å². The minimum Gasteiger partial charge on any atom is -0.489 e. The van der Waals surface area contributed by atoms with Crippen molar-refractivity contribution in [2.45, 2.75) is 19.4 Å². The number of likely N-dealkylation sites (tertiary alicyclic amines) is 1. The molecule has 0 aromatic heterocycles. The van der Waals surface area contributed by atoms with E-state index in [4.69, 9.17) is 21.1 Å². The maximum atomic E-state index is 6.31. The van der Waals surface area contributed by atoms with Crippen molar-refractivity contribution in [2.75, 3.05) is 39.9 Å². The smallest absolute Gasteiger partial charge is 0.179 e. The number of nitrogens with one attached hydrogen (secondary N) is 1. The van der Waals surface area contributed by atoms with E-state index in [1.165, 1.54) is 19.5 Å². The summed E-state index contributed by atoms with van der Waals surface area (Å²) in [5.41, 5.74) is 1.15. The maximum absolute atomic E-state index is 6.31. The summed E-state index contributed by atoms with van der Waals surface area (Å²) in [6.45, 7) is 5.62. The van der Waals surface area contributed by atoms with Gasteiger partial charge >= 0.3 is 0 Å². The highest BCUT2D eigenvalue weighted by molar-refractivity contribution is 6.32. The van der Waals surface area contributed by atoms with Gasteiger partial charge in [0, 0.05) is 19.5 Å². The number of halogens is 1. The number of rotatable bonds is 4. The molecule has 1 unspecified atom stereocenters. The molecule has 116 valence electrons. The van der Waals surface area contributed by atoms with Crippen LogP contribution in [0.3, 0.4) is 0 Å². The second-order valence-corrected chi connectivity index (χ2v) is 6.41. The molecule has 0 saturated carbocycles. The predicted octanol–water partition coefficient (Wildman–Crippen LogP) is 2.54. The Hall–Kier alpha value is -0.970. The first-order chi connectivity index (χ1) is 10.2. The van der Waals surface area contributed by atoms with Gasteiger partial charge in [0.2, 0.25) is 0 Å². The van der Waals surface area contributed by atoms with Crippen LogP contribution in [-0.4, -0.2) is 44.8 Å². The van der Waals surface area contributed by atoms with Gasteiger partial charge in [-0.05, 0) is 50.2 Å². The van der Waals surface area contributed by atoms with Crippen molar-refractivity contribution in [3.8, 4) is 11.5 Å². The molecule has 0 spiro atoms.